The van der Waals surface area contributed by atoms with Gasteiger partial charge in [0.25, 0.3) is 0 Å². The number of alkyl halides is 3. The zero-order chi connectivity index (χ0) is 31.4. The van der Waals surface area contributed by atoms with E-state index < -0.39 is 47.2 Å². The molecule has 3 fully saturated rings. The minimum Gasteiger partial charge on any atom is -0.496 e. The first kappa shape index (κ1) is 31.1. The smallest absolute Gasteiger partial charge is 0.416 e. The van der Waals surface area contributed by atoms with E-state index in [1.54, 1.807) is 4.90 Å². The number of nitrogens with one attached hydrogen (secondary N) is 1. The molecule has 0 radical (unpaired) electrons. The quantitative estimate of drug-likeness (QED) is 0.447. The number of aliphatic carboxylic acids is 1. The highest BCUT2D eigenvalue weighted by Crippen LogP contribution is 2.56. The molecule has 2 N–H and O–H groups in total. The maximum absolute atomic E-state index is 14.4. The van der Waals surface area contributed by atoms with Crippen LogP contribution in [0.1, 0.15) is 43.5 Å². The number of carbonyl (C=O) groups is 2. The van der Waals surface area contributed by atoms with Crippen molar-refractivity contribution in [2.45, 2.75) is 51.6 Å². The van der Waals surface area contributed by atoms with Crippen LogP contribution in [0.2, 0.25) is 0 Å². The lowest BCUT2D eigenvalue weighted by molar-refractivity contribution is -0.153. The highest BCUT2D eigenvalue weighted by Gasteiger charge is 2.65. The fourth-order valence-electron chi connectivity index (χ4n) is 7.30. The van der Waals surface area contributed by atoms with Gasteiger partial charge in [0.1, 0.15) is 11.8 Å². The van der Waals surface area contributed by atoms with E-state index >= 15 is 0 Å². The van der Waals surface area contributed by atoms with Gasteiger partial charge in [-0.1, -0.05) is 39.0 Å². The lowest BCUT2D eigenvalue weighted by atomic mass is 9.72. The van der Waals surface area contributed by atoms with Gasteiger partial charge in [-0.05, 0) is 47.1 Å². The molecule has 1 saturated carbocycles. The number of carboxylic acids is 1. The molecule has 1 amide bonds. The van der Waals surface area contributed by atoms with Crippen molar-refractivity contribution in [1.82, 2.24) is 10.2 Å². The largest absolute Gasteiger partial charge is 0.496 e. The van der Waals surface area contributed by atoms with Crippen molar-refractivity contribution in [3.8, 4) is 5.75 Å². The van der Waals surface area contributed by atoms with E-state index in [-0.39, 0.29) is 41.5 Å². The summed E-state index contributed by atoms with van der Waals surface area (Å²) in [7, 11) is 5.16. The summed E-state index contributed by atoms with van der Waals surface area (Å²) in [5, 5.41) is 14.2. The Kier molecular flexibility index (Phi) is 8.19. The summed E-state index contributed by atoms with van der Waals surface area (Å²) in [5.74, 6) is -1.79. The van der Waals surface area contributed by atoms with E-state index in [1.165, 1.54) is 13.2 Å². The van der Waals surface area contributed by atoms with Gasteiger partial charge in [0, 0.05) is 49.8 Å². The molecule has 0 spiro atoms. The Morgan fingerprint density at radius 1 is 1.09 bits per heavy atom. The number of halogens is 3. The molecular formula is C32H40F3N3O5. The maximum atomic E-state index is 14.4. The number of rotatable bonds is 8. The Labute approximate surface area is 250 Å². The van der Waals surface area contributed by atoms with Crippen LogP contribution in [0.5, 0.6) is 5.75 Å². The average Bonchev–Trinajstić information content (AvgIpc) is 3.25. The summed E-state index contributed by atoms with van der Waals surface area (Å²) in [4.78, 5) is 31.0. The molecule has 2 aromatic carbocycles. The van der Waals surface area contributed by atoms with Crippen LogP contribution in [0.3, 0.4) is 0 Å². The van der Waals surface area contributed by atoms with E-state index in [1.807, 2.05) is 64.0 Å². The van der Waals surface area contributed by atoms with E-state index in [0.29, 0.717) is 13.2 Å². The first-order valence-corrected chi connectivity index (χ1v) is 14.5. The molecule has 11 heteroatoms. The molecule has 2 heterocycles. The molecule has 3 aliphatic rings. The summed E-state index contributed by atoms with van der Waals surface area (Å²) in [6, 6.07) is 8.42. The van der Waals surface area contributed by atoms with E-state index in [9.17, 15) is 27.9 Å². The Hall–Kier alpha value is -3.31. The van der Waals surface area contributed by atoms with Gasteiger partial charge in [0.05, 0.1) is 31.9 Å². The number of carboxylic acid groups (broad SMARTS) is 1. The van der Waals surface area contributed by atoms with Crippen LogP contribution < -0.4 is 15.0 Å². The van der Waals surface area contributed by atoms with Gasteiger partial charge in [0.2, 0.25) is 5.91 Å². The van der Waals surface area contributed by atoms with E-state index in [0.717, 1.165) is 23.4 Å². The second-order valence-electron chi connectivity index (χ2n) is 13.1. The summed E-state index contributed by atoms with van der Waals surface area (Å²) < 4.78 is 51.9. The van der Waals surface area contributed by atoms with Crippen molar-refractivity contribution < 1.29 is 37.3 Å². The van der Waals surface area contributed by atoms with Crippen molar-refractivity contribution in [3.63, 3.8) is 0 Å². The number of fused-ring (bicyclic) bond motifs is 1. The third kappa shape index (κ3) is 5.69. The van der Waals surface area contributed by atoms with Crippen LogP contribution in [0.4, 0.5) is 18.9 Å². The molecule has 0 aromatic heterocycles. The zero-order valence-electron chi connectivity index (χ0n) is 25.3. The van der Waals surface area contributed by atoms with E-state index in [2.05, 4.69) is 5.32 Å². The number of ether oxygens (including phenoxy) is 2. The van der Waals surface area contributed by atoms with Crippen LogP contribution in [0.25, 0.3) is 0 Å². The monoisotopic (exact) mass is 603 g/mol. The number of benzene rings is 2. The Balaban J connectivity index is 1.64. The topological polar surface area (TPSA) is 91.3 Å². The third-order valence-electron chi connectivity index (χ3n) is 9.28. The lowest BCUT2D eigenvalue weighted by Crippen LogP contribution is -2.48. The number of para-hydroxylation sites is 1. The molecule has 8 nitrogen and oxygen atoms in total. The molecular weight excluding hydrogens is 563 g/mol. The Morgan fingerprint density at radius 3 is 2.30 bits per heavy atom. The van der Waals surface area contributed by atoms with Crippen LogP contribution in [-0.2, 0) is 27.0 Å². The number of carbonyl (C=O) groups excluding carboxylic acids is 1. The van der Waals surface area contributed by atoms with Crippen molar-refractivity contribution >= 4 is 17.6 Å². The molecule has 6 atom stereocenters. The summed E-state index contributed by atoms with van der Waals surface area (Å²) >= 11 is 0. The standard InChI is InChI=1S/C32H40F3N3O5/c1-31(2,3)25-26(36-14-17-13-18(32(33,34)35)11-12-23(17)42-6)27(19-9-7-8-10-22(19)37(4)5)38(28(25)30(40)41)29(39)24-20-15-43-16-21(20)24/h7-13,20-21,24-28,36H,14-16H2,1-6H3,(H,40,41). The van der Waals surface area contributed by atoms with Gasteiger partial charge in [0.15, 0.2) is 0 Å². The summed E-state index contributed by atoms with van der Waals surface area (Å²) in [6.45, 7) is 6.75. The molecule has 5 rings (SSSR count). The molecule has 2 saturated heterocycles. The number of amides is 1. The first-order valence-electron chi connectivity index (χ1n) is 14.5. The number of hydrogen-bond donors (Lipinski definition) is 2. The second kappa shape index (κ2) is 11.3. The molecule has 2 aliphatic heterocycles. The number of methoxy groups -OCH3 is 1. The third-order valence-corrected chi connectivity index (χ3v) is 9.28. The molecule has 2 aromatic rings. The molecule has 1 aliphatic carbocycles. The molecule has 43 heavy (non-hydrogen) atoms. The second-order valence-corrected chi connectivity index (χ2v) is 13.1. The maximum Gasteiger partial charge on any atom is 0.416 e. The number of anilines is 1. The molecule has 234 valence electrons. The van der Waals surface area contributed by atoms with Crippen molar-refractivity contribution in [1.29, 1.82) is 0 Å². The minimum absolute atomic E-state index is 0.0259. The zero-order valence-corrected chi connectivity index (χ0v) is 25.3. The van der Waals surface area contributed by atoms with Gasteiger partial charge >= 0.3 is 12.1 Å². The normalized spacial score (nSPS) is 28.5. The van der Waals surface area contributed by atoms with Crippen molar-refractivity contribution in [2.24, 2.45) is 29.1 Å². The number of hydrogen-bond acceptors (Lipinski definition) is 6. The predicted molar refractivity (Wildman–Crippen MR) is 155 cm³/mol. The van der Waals surface area contributed by atoms with E-state index in [4.69, 9.17) is 9.47 Å². The Morgan fingerprint density at radius 2 is 1.74 bits per heavy atom. The van der Waals surface area contributed by atoms with Gasteiger partial charge in [-0.3, -0.25) is 4.79 Å². The van der Waals surface area contributed by atoms with Crippen molar-refractivity contribution in [2.75, 3.05) is 39.3 Å². The SMILES string of the molecule is COc1ccc(C(F)(F)F)cc1CNC1C(c2ccccc2N(C)C)N(C(=O)C2C3COCC32)C(C(=O)O)C1C(C)(C)C. The number of nitrogens with zero attached hydrogens (tertiary/aromatic N) is 2. The number of likely N-dealkylation sites (tertiary alicyclic amines) is 1. The van der Waals surface area contributed by atoms with Gasteiger partial charge < -0.3 is 29.7 Å². The van der Waals surface area contributed by atoms with Crippen LogP contribution in [-0.4, -0.2) is 68.4 Å². The van der Waals surface area contributed by atoms with Crippen molar-refractivity contribution in [3.05, 3.63) is 59.2 Å². The van der Waals surface area contributed by atoms with Crippen LogP contribution >= 0.6 is 0 Å². The fraction of sp³-hybridized carbons (Fsp3) is 0.562. The molecule has 6 unspecified atom stereocenters. The first-order chi connectivity index (χ1) is 20.2. The molecule has 0 bridgehead atoms. The van der Waals surface area contributed by atoms with Crippen LogP contribution in [0, 0.1) is 29.1 Å². The summed E-state index contributed by atoms with van der Waals surface area (Å²) in [5.41, 5.74) is 0.485. The average molecular weight is 604 g/mol. The fourth-order valence-corrected chi connectivity index (χ4v) is 7.30. The van der Waals surface area contributed by atoms with Gasteiger partial charge in [-0.2, -0.15) is 13.2 Å². The highest BCUT2D eigenvalue weighted by molar-refractivity contribution is 5.89. The van der Waals surface area contributed by atoms with Gasteiger partial charge in [-0.25, -0.2) is 4.79 Å². The van der Waals surface area contributed by atoms with Gasteiger partial charge in [-0.15, -0.1) is 0 Å². The minimum atomic E-state index is -4.54. The summed E-state index contributed by atoms with van der Waals surface area (Å²) in [6.07, 6.45) is -4.54. The highest BCUT2D eigenvalue weighted by atomic mass is 19.4. The van der Waals surface area contributed by atoms with Crippen LogP contribution in [0.15, 0.2) is 42.5 Å². The lowest BCUT2D eigenvalue weighted by Gasteiger charge is -2.36. The predicted octanol–water partition coefficient (Wildman–Crippen LogP) is 4.83. The Bertz CT molecular complexity index is 1360.